The van der Waals surface area contributed by atoms with Crippen molar-refractivity contribution < 1.29 is 14.7 Å². The maximum atomic E-state index is 11.6. The van der Waals surface area contributed by atoms with Crippen LogP contribution in [0.15, 0.2) is 6.20 Å². The Kier molecular flexibility index (Phi) is 5.77. The van der Waals surface area contributed by atoms with Crippen LogP contribution in [0.2, 0.25) is 5.28 Å². The molecule has 1 heterocycles. The number of hydrogen-bond donors (Lipinski definition) is 3. The van der Waals surface area contributed by atoms with Crippen molar-refractivity contribution in [1.29, 1.82) is 0 Å². The second-order valence-electron chi connectivity index (χ2n) is 5.32. The average molecular weight is 337 g/mol. The third-order valence-electron chi connectivity index (χ3n) is 3.65. The number of carbonyl (C=O) groups excluding carboxylic acids is 1. The molecule has 0 unspecified atom stereocenters. The van der Waals surface area contributed by atoms with Crippen molar-refractivity contribution in [3.05, 3.63) is 17.0 Å². The van der Waals surface area contributed by atoms with Crippen LogP contribution in [0.3, 0.4) is 0 Å². The predicted octanol–water partition coefficient (Wildman–Crippen LogP) is 2.06. The third kappa shape index (κ3) is 4.83. The normalized spacial score (nSPS) is 15.9. The Morgan fingerprint density at radius 2 is 2.17 bits per heavy atom. The number of nitrogens with zero attached hydrogens (tertiary/aromatic N) is 2. The zero-order valence-corrected chi connectivity index (χ0v) is 13.2. The van der Waals surface area contributed by atoms with E-state index in [1.165, 1.54) is 6.20 Å². The molecule has 0 atom stereocenters. The van der Waals surface area contributed by atoms with E-state index in [0.717, 1.165) is 38.4 Å². The molecule has 1 aliphatic carbocycles. The maximum Gasteiger partial charge on any atom is 0.405 e. The van der Waals surface area contributed by atoms with Crippen molar-refractivity contribution in [3.8, 4) is 11.8 Å². The zero-order chi connectivity index (χ0) is 16.7. The lowest BCUT2D eigenvalue weighted by Gasteiger charge is -2.33. The summed E-state index contributed by atoms with van der Waals surface area (Å²) < 4.78 is 0. The highest BCUT2D eigenvalue weighted by Gasteiger charge is 2.32. The number of amides is 1. The number of rotatable bonds is 4. The third-order valence-corrected chi connectivity index (χ3v) is 3.83. The second-order valence-corrected chi connectivity index (χ2v) is 5.66. The van der Waals surface area contributed by atoms with E-state index in [9.17, 15) is 9.59 Å². The standard InChI is InChI=1S/C15H17ClN4O3/c16-13-18-9-11(5-4-8-17-14(22)23)12(19-13)20-15(10-21)6-2-1-3-7-15/h9-10,17H,1-3,6-8H2,(H,22,23)(H,18,19,20). The first-order valence-electron chi connectivity index (χ1n) is 7.27. The van der Waals surface area contributed by atoms with E-state index in [1.54, 1.807) is 0 Å². The van der Waals surface area contributed by atoms with Crippen LogP contribution < -0.4 is 10.6 Å². The highest BCUT2D eigenvalue weighted by Crippen LogP contribution is 2.30. The Morgan fingerprint density at radius 1 is 1.43 bits per heavy atom. The molecule has 1 fully saturated rings. The highest BCUT2D eigenvalue weighted by atomic mass is 35.5. The van der Waals surface area contributed by atoms with Gasteiger partial charge in [0.2, 0.25) is 5.28 Å². The Balaban J connectivity index is 2.21. The van der Waals surface area contributed by atoms with Gasteiger partial charge < -0.3 is 20.5 Å². The van der Waals surface area contributed by atoms with Crippen LogP contribution >= 0.6 is 11.6 Å². The van der Waals surface area contributed by atoms with E-state index in [-0.39, 0.29) is 11.8 Å². The number of nitrogens with one attached hydrogen (secondary N) is 2. The van der Waals surface area contributed by atoms with Gasteiger partial charge in [0.05, 0.1) is 17.6 Å². The van der Waals surface area contributed by atoms with Crippen LogP contribution in [0.4, 0.5) is 10.6 Å². The van der Waals surface area contributed by atoms with Crippen molar-refractivity contribution in [2.24, 2.45) is 0 Å². The molecule has 2 rings (SSSR count). The van der Waals surface area contributed by atoms with Gasteiger partial charge in [-0.1, -0.05) is 31.1 Å². The lowest BCUT2D eigenvalue weighted by molar-refractivity contribution is -0.112. The van der Waals surface area contributed by atoms with E-state index >= 15 is 0 Å². The Morgan fingerprint density at radius 3 is 2.83 bits per heavy atom. The van der Waals surface area contributed by atoms with E-state index in [1.807, 2.05) is 0 Å². The van der Waals surface area contributed by atoms with Crippen LogP contribution in [0.1, 0.15) is 37.7 Å². The van der Waals surface area contributed by atoms with E-state index in [0.29, 0.717) is 11.4 Å². The summed E-state index contributed by atoms with van der Waals surface area (Å²) in [6, 6.07) is 0. The number of carboxylic acid groups (broad SMARTS) is 1. The first-order valence-corrected chi connectivity index (χ1v) is 7.65. The first kappa shape index (κ1) is 17.0. The molecular formula is C15H17ClN4O3. The zero-order valence-electron chi connectivity index (χ0n) is 12.4. The summed E-state index contributed by atoms with van der Waals surface area (Å²) in [5.74, 6) is 5.85. The van der Waals surface area contributed by atoms with Crippen molar-refractivity contribution in [1.82, 2.24) is 15.3 Å². The number of anilines is 1. The van der Waals surface area contributed by atoms with Crippen LogP contribution in [-0.2, 0) is 4.79 Å². The predicted molar refractivity (Wildman–Crippen MR) is 85.5 cm³/mol. The fourth-order valence-electron chi connectivity index (χ4n) is 2.50. The number of aromatic nitrogens is 2. The molecule has 23 heavy (non-hydrogen) atoms. The highest BCUT2D eigenvalue weighted by molar-refractivity contribution is 6.28. The van der Waals surface area contributed by atoms with Gasteiger partial charge in [-0.3, -0.25) is 0 Å². The summed E-state index contributed by atoms with van der Waals surface area (Å²) >= 11 is 5.84. The molecule has 0 radical (unpaired) electrons. The van der Waals surface area contributed by atoms with Crippen molar-refractivity contribution in [2.75, 3.05) is 11.9 Å². The van der Waals surface area contributed by atoms with Crippen LogP contribution in [0.25, 0.3) is 0 Å². The van der Waals surface area contributed by atoms with E-state index < -0.39 is 11.6 Å². The molecule has 7 nitrogen and oxygen atoms in total. The summed E-state index contributed by atoms with van der Waals surface area (Å²) in [6.45, 7) is -0.0176. The van der Waals surface area contributed by atoms with Gasteiger partial charge in [-0.05, 0) is 24.4 Å². The minimum absolute atomic E-state index is 0.0176. The summed E-state index contributed by atoms with van der Waals surface area (Å²) in [7, 11) is 0. The van der Waals surface area contributed by atoms with Gasteiger partial charge >= 0.3 is 6.09 Å². The van der Waals surface area contributed by atoms with Crippen molar-refractivity contribution in [3.63, 3.8) is 0 Å². The molecule has 0 aromatic carbocycles. The quantitative estimate of drug-likeness (QED) is 0.441. The molecule has 1 aromatic rings. The molecule has 1 amide bonds. The van der Waals surface area contributed by atoms with Crippen molar-refractivity contribution in [2.45, 2.75) is 37.6 Å². The average Bonchev–Trinajstić information content (AvgIpc) is 2.54. The minimum atomic E-state index is -1.15. The van der Waals surface area contributed by atoms with Gasteiger partial charge in [0.15, 0.2) is 0 Å². The van der Waals surface area contributed by atoms with Gasteiger partial charge in [-0.2, -0.15) is 4.98 Å². The monoisotopic (exact) mass is 336 g/mol. The fraction of sp³-hybridized carbons (Fsp3) is 0.467. The van der Waals surface area contributed by atoms with Crippen LogP contribution in [0.5, 0.6) is 0 Å². The van der Waals surface area contributed by atoms with Gasteiger partial charge in [0, 0.05) is 6.20 Å². The topological polar surface area (TPSA) is 104 Å². The lowest BCUT2D eigenvalue weighted by atomic mass is 9.83. The number of hydrogen-bond acceptors (Lipinski definition) is 5. The molecule has 0 spiro atoms. The van der Waals surface area contributed by atoms with E-state index in [4.69, 9.17) is 16.7 Å². The molecule has 0 saturated heterocycles. The number of carbonyl (C=O) groups is 2. The molecule has 122 valence electrons. The number of halogens is 1. The molecular weight excluding hydrogens is 320 g/mol. The SMILES string of the molecule is O=CC1(Nc2nc(Cl)ncc2C#CCNC(=O)O)CCCCC1. The summed E-state index contributed by atoms with van der Waals surface area (Å²) in [5, 5.41) is 13.9. The van der Waals surface area contributed by atoms with Gasteiger partial charge in [0.1, 0.15) is 12.1 Å². The summed E-state index contributed by atoms with van der Waals surface area (Å²) in [6.07, 6.45) is 5.72. The van der Waals surface area contributed by atoms with Gasteiger partial charge in [-0.25, -0.2) is 9.78 Å². The smallest absolute Gasteiger partial charge is 0.405 e. The summed E-state index contributed by atoms with van der Waals surface area (Å²) in [5.41, 5.74) is -0.195. The van der Waals surface area contributed by atoms with Crippen LogP contribution in [-0.4, -0.2) is 39.5 Å². The second kappa shape index (κ2) is 7.79. The number of aldehydes is 1. The lowest BCUT2D eigenvalue weighted by Crippen LogP contribution is -2.42. The molecule has 0 aliphatic heterocycles. The first-order chi connectivity index (χ1) is 11.0. The van der Waals surface area contributed by atoms with E-state index in [2.05, 4.69) is 32.4 Å². The largest absolute Gasteiger partial charge is 0.465 e. The molecule has 0 bridgehead atoms. The Bertz CT molecular complexity index is 648. The molecule has 1 aliphatic rings. The van der Waals surface area contributed by atoms with Gasteiger partial charge in [0.25, 0.3) is 0 Å². The molecule has 3 N–H and O–H groups in total. The Labute approximate surface area is 138 Å². The molecule has 1 saturated carbocycles. The van der Waals surface area contributed by atoms with Gasteiger partial charge in [-0.15, -0.1) is 0 Å². The molecule has 1 aromatic heterocycles. The summed E-state index contributed by atoms with van der Waals surface area (Å²) in [4.78, 5) is 30.0. The Hall–Kier alpha value is -2.33. The maximum absolute atomic E-state index is 11.6. The van der Waals surface area contributed by atoms with Crippen LogP contribution in [0, 0.1) is 11.8 Å². The fourth-order valence-corrected chi connectivity index (χ4v) is 2.63. The molecule has 8 heteroatoms. The van der Waals surface area contributed by atoms with Crippen molar-refractivity contribution >= 4 is 29.8 Å². The minimum Gasteiger partial charge on any atom is -0.465 e.